The number of aromatic nitrogens is 1. The summed E-state index contributed by atoms with van der Waals surface area (Å²) >= 11 is 1.74. The number of hydrogen-bond donors (Lipinski definition) is 0. The molecule has 0 aliphatic carbocycles. The van der Waals surface area contributed by atoms with Gasteiger partial charge in [0.05, 0.1) is 18.2 Å². The molecule has 0 fully saturated rings. The van der Waals surface area contributed by atoms with Crippen LogP contribution in [0.2, 0.25) is 0 Å². The average Bonchev–Trinajstić information content (AvgIpc) is 2.04. The number of hydrogen-bond acceptors (Lipinski definition) is 2. The zero-order valence-electron chi connectivity index (χ0n) is 6.47. The number of alkyl halides is 2. The van der Waals surface area contributed by atoms with Gasteiger partial charge in [0.25, 0.3) is 6.43 Å². The molecule has 1 aromatic rings. The van der Waals surface area contributed by atoms with Crippen molar-refractivity contribution >= 4 is 22.6 Å². The van der Waals surface area contributed by atoms with E-state index < -0.39 is 6.43 Å². The smallest absolute Gasteiger partial charge is 0.245 e. The van der Waals surface area contributed by atoms with E-state index in [0.29, 0.717) is 5.69 Å². The molecule has 0 aliphatic heterocycles. The lowest BCUT2D eigenvalue weighted by atomic mass is 10.2. The van der Waals surface area contributed by atoms with Gasteiger partial charge in [-0.2, -0.15) is 5.26 Å². The van der Waals surface area contributed by atoms with Crippen molar-refractivity contribution in [2.24, 2.45) is 0 Å². The SMILES string of the molecule is N#CCc1ccc(C(F)F)c(I)n1. The highest BCUT2D eigenvalue weighted by Gasteiger charge is 2.12. The Kier molecular flexibility index (Phi) is 3.54. The molecular formula is C8H5F2IN2. The molecule has 1 rings (SSSR count). The summed E-state index contributed by atoms with van der Waals surface area (Å²) in [5.74, 6) is 0. The number of nitriles is 1. The number of pyridine rings is 1. The molecular weight excluding hydrogens is 289 g/mol. The fourth-order valence-corrected chi connectivity index (χ4v) is 1.55. The predicted molar refractivity (Wildman–Crippen MR) is 51.2 cm³/mol. The Morgan fingerprint density at radius 3 is 2.69 bits per heavy atom. The molecule has 13 heavy (non-hydrogen) atoms. The molecule has 1 aromatic heterocycles. The molecule has 0 atom stereocenters. The van der Waals surface area contributed by atoms with E-state index in [2.05, 4.69) is 4.98 Å². The summed E-state index contributed by atoms with van der Waals surface area (Å²) in [4.78, 5) is 3.87. The maximum atomic E-state index is 12.2. The molecule has 0 saturated carbocycles. The molecule has 0 bridgehead atoms. The summed E-state index contributed by atoms with van der Waals surface area (Å²) in [6, 6.07) is 4.67. The van der Waals surface area contributed by atoms with Crippen LogP contribution in [0.4, 0.5) is 8.78 Å². The second-order valence-electron chi connectivity index (χ2n) is 2.32. The van der Waals surface area contributed by atoms with Crippen molar-refractivity contribution in [2.75, 3.05) is 0 Å². The van der Waals surface area contributed by atoms with Crippen LogP contribution in [-0.2, 0) is 6.42 Å². The Hall–Kier alpha value is -0.770. The molecule has 0 aliphatic rings. The Morgan fingerprint density at radius 2 is 2.23 bits per heavy atom. The number of nitrogens with zero attached hydrogens (tertiary/aromatic N) is 2. The van der Waals surface area contributed by atoms with Gasteiger partial charge >= 0.3 is 0 Å². The van der Waals surface area contributed by atoms with Gasteiger partial charge in [-0.3, -0.25) is 0 Å². The van der Waals surface area contributed by atoms with Crippen molar-refractivity contribution < 1.29 is 8.78 Å². The van der Waals surface area contributed by atoms with E-state index >= 15 is 0 Å². The summed E-state index contributed by atoms with van der Waals surface area (Å²) in [5, 5.41) is 8.35. The standard InChI is InChI=1S/C8H5F2IN2/c9-7(10)6-2-1-5(3-4-12)13-8(6)11/h1-2,7H,3H2. The van der Waals surface area contributed by atoms with Crippen LogP contribution in [0.15, 0.2) is 12.1 Å². The average molecular weight is 294 g/mol. The maximum absolute atomic E-state index is 12.2. The molecule has 0 amide bonds. The normalized spacial score (nSPS) is 10.1. The third kappa shape index (κ3) is 2.59. The molecule has 0 aromatic carbocycles. The van der Waals surface area contributed by atoms with E-state index in [-0.39, 0.29) is 15.7 Å². The van der Waals surface area contributed by atoms with Crippen LogP contribution in [-0.4, -0.2) is 4.98 Å². The number of halogens is 3. The summed E-state index contributed by atoms with van der Waals surface area (Å²) in [5.41, 5.74) is 0.443. The Bertz CT molecular complexity index is 346. The lowest BCUT2D eigenvalue weighted by Gasteiger charge is -2.02. The zero-order valence-corrected chi connectivity index (χ0v) is 8.62. The van der Waals surface area contributed by atoms with Gasteiger partial charge in [-0.1, -0.05) is 0 Å². The fourth-order valence-electron chi connectivity index (χ4n) is 0.825. The van der Waals surface area contributed by atoms with E-state index in [1.807, 2.05) is 6.07 Å². The van der Waals surface area contributed by atoms with Crippen molar-refractivity contribution in [1.29, 1.82) is 5.26 Å². The van der Waals surface area contributed by atoms with Gasteiger partial charge in [-0.15, -0.1) is 0 Å². The molecule has 2 nitrogen and oxygen atoms in total. The van der Waals surface area contributed by atoms with Crippen molar-refractivity contribution in [3.8, 4) is 6.07 Å². The summed E-state index contributed by atoms with van der Waals surface area (Å²) < 4.78 is 24.7. The molecule has 5 heteroatoms. The van der Waals surface area contributed by atoms with Crippen molar-refractivity contribution in [1.82, 2.24) is 4.98 Å². The van der Waals surface area contributed by atoms with Gasteiger partial charge in [-0.25, -0.2) is 13.8 Å². The first-order valence-corrected chi connectivity index (χ1v) is 4.53. The van der Waals surface area contributed by atoms with E-state index in [1.165, 1.54) is 12.1 Å². The molecule has 0 N–H and O–H groups in total. The van der Waals surface area contributed by atoms with Gasteiger partial charge in [0, 0.05) is 5.56 Å². The van der Waals surface area contributed by atoms with Gasteiger partial charge in [-0.05, 0) is 34.7 Å². The highest BCUT2D eigenvalue weighted by molar-refractivity contribution is 14.1. The number of rotatable bonds is 2. The van der Waals surface area contributed by atoms with Crippen LogP contribution < -0.4 is 0 Å². The van der Waals surface area contributed by atoms with Crippen LogP contribution in [0, 0.1) is 15.0 Å². The maximum Gasteiger partial charge on any atom is 0.266 e. The molecule has 0 spiro atoms. The fraction of sp³-hybridized carbons (Fsp3) is 0.250. The molecule has 0 saturated heterocycles. The molecule has 1 heterocycles. The highest BCUT2D eigenvalue weighted by atomic mass is 127. The third-order valence-electron chi connectivity index (χ3n) is 1.43. The second-order valence-corrected chi connectivity index (χ2v) is 3.34. The summed E-state index contributed by atoms with van der Waals surface area (Å²) in [7, 11) is 0. The Labute approximate surface area is 87.7 Å². The van der Waals surface area contributed by atoms with E-state index in [9.17, 15) is 8.78 Å². The van der Waals surface area contributed by atoms with Crippen molar-refractivity contribution in [2.45, 2.75) is 12.8 Å². The van der Waals surface area contributed by atoms with E-state index in [0.717, 1.165) is 0 Å². The van der Waals surface area contributed by atoms with Gasteiger partial charge < -0.3 is 0 Å². The summed E-state index contributed by atoms with van der Waals surface area (Å²) in [6.07, 6.45) is -2.35. The lowest BCUT2D eigenvalue weighted by Crippen LogP contribution is -1.96. The first-order chi connectivity index (χ1) is 6.15. The first kappa shape index (κ1) is 10.3. The van der Waals surface area contributed by atoms with Crippen molar-refractivity contribution in [3.63, 3.8) is 0 Å². The van der Waals surface area contributed by atoms with Gasteiger partial charge in [0.15, 0.2) is 0 Å². The van der Waals surface area contributed by atoms with Crippen LogP contribution in [0.25, 0.3) is 0 Å². The highest BCUT2D eigenvalue weighted by Crippen LogP contribution is 2.23. The van der Waals surface area contributed by atoms with Gasteiger partial charge in [0.1, 0.15) is 3.70 Å². The minimum Gasteiger partial charge on any atom is -0.245 e. The minimum absolute atomic E-state index is 0.0812. The lowest BCUT2D eigenvalue weighted by molar-refractivity contribution is 0.150. The van der Waals surface area contributed by atoms with Crippen LogP contribution >= 0.6 is 22.6 Å². The zero-order chi connectivity index (χ0) is 9.84. The Balaban J connectivity index is 3.00. The van der Waals surface area contributed by atoms with Crippen LogP contribution in [0.1, 0.15) is 17.7 Å². The van der Waals surface area contributed by atoms with E-state index in [1.54, 1.807) is 22.6 Å². The molecule has 0 radical (unpaired) electrons. The van der Waals surface area contributed by atoms with Gasteiger partial charge in [0.2, 0.25) is 0 Å². The van der Waals surface area contributed by atoms with Crippen molar-refractivity contribution in [3.05, 3.63) is 27.1 Å². The largest absolute Gasteiger partial charge is 0.266 e. The quantitative estimate of drug-likeness (QED) is 0.621. The van der Waals surface area contributed by atoms with Crippen LogP contribution in [0.3, 0.4) is 0 Å². The summed E-state index contributed by atoms with van der Waals surface area (Å²) in [6.45, 7) is 0. The van der Waals surface area contributed by atoms with Crippen LogP contribution in [0.5, 0.6) is 0 Å². The second kappa shape index (κ2) is 4.46. The monoisotopic (exact) mass is 294 g/mol. The third-order valence-corrected chi connectivity index (χ3v) is 2.29. The van der Waals surface area contributed by atoms with E-state index in [4.69, 9.17) is 5.26 Å². The Morgan fingerprint density at radius 1 is 1.54 bits per heavy atom. The topological polar surface area (TPSA) is 36.7 Å². The molecule has 68 valence electrons. The molecule has 0 unspecified atom stereocenters. The predicted octanol–water partition coefficient (Wildman–Crippen LogP) is 2.69. The minimum atomic E-state index is -2.50. The first-order valence-electron chi connectivity index (χ1n) is 3.45.